The molecule has 0 aliphatic heterocycles. The number of rotatable bonds is 6. The molecule has 1 aromatic heterocycles. The summed E-state index contributed by atoms with van der Waals surface area (Å²) in [6, 6.07) is 7.98. The van der Waals surface area contributed by atoms with Crippen LogP contribution in [0.2, 0.25) is 0 Å². The van der Waals surface area contributed by atoms with Crippen molar-refractivity contribution in [2.45, 2.75) is 31.6 Å². The zero-order valence-corrected chi connectivity index (χ0v) is 14.9. The lowest BCUT2D eigenvalue weighted by atomic mass is 9.98. The highest BCUT2D eigenvalue weighted by molar-refractivity contribution is 7.08. The minimum absolute atomic E-state index is 0.112. The number of anilines is 1. The summed E-state index contributed by atoms with van der Waals surface area (Å²) in [5, 5.41) is 6.02. The number of carbonyl (C=O) groups is 2. The molecule has 2 aromatic rings. The fraction of sp³-hybridized carbons (Fsp3) is 0.368. The summed E-state index contributed by atoms with van der Waals surface area (Å²) in [6.45, 7) is -0.112. The molecule has 1 heterocycles. The Kier molecular flexibility index (Phi) is 5.71. The van der Waals surface area contributed by atoms with Crippen LogP contribution < -0.4 is 10.1 Å². The van der Waals surface area contributed by atoms with Crippen molar-refractivity contribution in [1.82, 2.24) is 0 Å². The third kappa shape index (κ3) is 4.39. The Balaban J connectivity index is 1.52. The van der Waals surface area contributed by atoms with Gasteiger partial charge in [-0.15, -0.1) is 11.3 Å². The molecule has 0 atom stereocenters. The smallest absolute Gasteiger partial charge is 0.340 e. The number of nitrogens with one attached hydrogen (secondary N) is 1. The van der Waals surface area contributed by atoms with E-state index in [2.05, 4.69) is 22.2 Å². The number of methoxy groups -OCH3 is 1. The highest BCUT2D eigenvalue weighted by Crippen LogP contribution is 2.34. The molecule has 1 fully saturated rings. The van der Waals surface area contributed by atoms with Gasteiger partial charge in [0, 0.05) is 10.8 Å². The minimum Gasteiger partial charge on any atom is -0.484 e. The molecule has 1 N–H and O–H groups in total. The van der Waals surface area contributed by atoms with Crippen molar-refractivity contribution in [2.24, 2.45) is 0 Å². The maximum atomic E-state index is 12.0. The first-order valence-electron chi connectivity index (χ1n) is 8.34. The molecule has 6 heteroatoms. The van der Waals surface area contributed by atoms with Gasteiger partial charge in [-0.05, 0) is 36.5 Å². The molecule has 132 valence electrons. The number of esters is 1. The molecule has 5 nitrogen and oxygen atoms in total. The van der Waals surface area contributed by atoms with Gasteiger partial charge in [0.1, 0.15) is 5.75 Å². The molecule has 1 aliphatic rings. The monoisotopic (exact) mass is 359 g/mol. The number of hydrogen-bond acceptors (Lipinski definition) is 5. The molecule has 1 aliphatic carbocycles. The van der Waals surface area contributed by atoms with E-state index in [1.54, 1.807) is 10.8 Å². The Morgan fingerprint density at radius 1 is 1.16 bits per heavy atom. The highest BCUT2D eigenvalue weighted by atomic mass is 32.1. The van der Waals surface area contributed by atoms with Crippen molar-refractivity contribution in [1.29, 1.82) is 0 Å². The molecule has 0 radical (unpaired) electrons. The van der Waals surface area contributed by atoms with E-state index in [-0.39, 0.29) is 12.5 Å². The third-order valence-electron chi connectivity index (χ3n) is 4.42. The van der Waals surface area contributed by atoms with E-state index in [1.807, 2.05) is 12.1 Å². The Morgan fingerprint density at radius 2 is 1.88 bits per heavy atom. The molecule has 1 aromatic carbocycles. The van der Waals surface area contributed by atoms with Gasteiger partial charge in [-0.1, -0.05) is 25.0 Å². The lowest BCUT2D eigenvalue weighted by Gasteiger charge is -2.11. The van der Waals surface area contributed by atoms with E-state index in [1.165, 1.54) is 49.7 Å². The van der Waals surface area contributed by atoms with Crippen molar-refractivity contribution in [2.75, 3.05) is 19.0 Å². The van der Waals surface area contributed by atoms with E-state index in [0.717, 1.165) is 0 Å². The van der Waals surface area contributed by atoms with Crippen molar-refractivity contribution < 1.29 is 19.1 Å². The number of carbonyl (C=O) groups excluding carboxylic acids is 2. The van der Waals surface area contributed by atoms with Crippen LogP contribution in [0.15, 0.2) is 35.0 Å². The van der Waals surface area contributed by atoms with Crippen LogP contribution in [0.4, 0.5) is 5.69 Å². The van der Waals surface area contributed by atoms with Crippen molar-refractivity contribution >= 4 is 28.9 Å². The van der Waals surface area contributed by atoms with E-state index >= 15 is 0 Å². The fourth-order valence-electron chi connectivity index (χ4n) is 3.09. The van der Waals surface area contributed by atoms with Gasteiger partial charge in [-0.25, -0.2) is 4.79 Å². The largest absolute Gasteiger partial charge is 0.484 e. The first-order valence-corrected chi connectivity index (χ1v) is 9.29. The standard InChI is InChI=1S/C19H21NO4S/c1-23-19(22)16-11-25-12-17(16)20-18(21)10-24-15-8-6-14(7-9-15)13-4-2-3-5-13/h6-9,11-13H,2-5,10H2,1H3,(H,20,21). The minimum atomic E-state index is -0.472. The van der Waals surface area contributed by atoms with Crippen LogP contribution in [0, 0.1) is 0 Å². The fourth-order valence-corrected chi connectivity index (χ4v) is 3.84. The first-order chi connectivity index (χ1) is 12.2. The van der Waals surface area contributed by atoms with Crippen LogP contribution in [0.1, 0.15) is 47.5 Å². The van der Waals surface area contributed by atoms with Gasteiger partial charge in [-0.2, -0.15) is 0 Å². The lowest BCUT2D eigenvalue weighted by molar-refractivity contribution is -0.118. The van der Waals surface area contributed by atoms with Gasteiger partial charge in [0.25, 0.3) is 5.91 Å². The van der Waals surface area contributed by atoms with Gasteiger partial charge in [0.15, 0.2) is 6.61 Å². The van der Waals surface area contributed by atoms with Crippen molar-refractivity contribution in [3.63, 3.8) is 0 Å². The quantitative estimate of drug-likeness (QED) is 0.785. The van der Waals surface area contributed by atoms with E-state index < -0.39 is 5.97 Å². The van der Waals surface area contributed by atoms with Crippen LogP contribution in [0.3, 0.4) is 0 Å². The zero-order valence-electron chi connectivity index (χ0n) is 14.1. The van der Waals surface area contributed by atoms with Gasteiger partial charge in [0.05, 0.1) is 18.4 Å². The van der Waals surface area contributed by atoms with Crippen molar-refractivity contribution in [3.05, 3.63) is 46.2 Å². The molecule has 0 bridgehead atoms. The van der Waals surface area contributed by atoms with E-state index in [4.69, 9.17) is 4.74 Å². The van der Waals surface area contributed by atoms with Gasteiger partial charge in [0.2, 0.25) is 0 Å². The predicted molar refractivity (Wildman–Crippen MR) is 97.4 cm³/mol. The first kappa shape index (κ1) is 17.5. The molecular formula is C19H21NO4S. The Hall–Kier alpha value is -2.34. The Labute approximate surface area is 151 Å². The zero-order chi connectivity index (χ0) is 17.6. The van der Waals surface area contributed by atoms with Gasteiger partial charge < -0.3 is 14.8 Å². The molecule has 3 rings (SSSR count). The number of benzene rings is 1. The number of thiophene rings is 1. The second kappa shape index (κ2) is 8.16. The summed E-state index contributed by atoms with van der Waals surface area (Å²) in [7, 11) is 1.31. The normalized spacial score (nSPS) is 14.3. The second-order valence-corrected chi connectivity index (χ2v) is 6.82. The topological polar surface area (TPSA) is 64.6 Å². The maximum absolute atomic E-state index is 12.0. The number of ether oxygens (including phenoxy) is 2. The summed E-state index contributed by atoms with van der Waals surface area (Å²) >= 11 is 1.32. The predicted octanol–water partition coefficient (Wildman–Crippen LogP) is 4.21. The molecular weight excluding hydrogens is 338 g/mol. The Morgan fingerprint density at radius 3 is 2.56 bits per heavy atom. The molecule has 25 heavy (non-hydrogen) atoms. The SMILES string of the molecule is COC(=O)c1cscc1NC(=O)COc1ccc(C2CCCC2)cc1. The molecule has 0 unspecified atom stereocenters. The van der Waals surface area contributed by atoms with Crippen LogP contribution in [-0.2, 0) is 9.53 Å². The average molecular weight is 359 g/mol. The maximum Gasteiger partial charge on any atom is 0.340 e. The Bertz CT molecular complexity index is 732. The summed E-state index contributed by atoms with van der Waals surface area (Å²) in [6.07, 6.45) is 5.12. The molecule has 0 saturated heterocycles. The number of amides is 1. The van der Waals surface area contributed by atoms with Crippen LogP contribution in [0.25, 0.3) is 0 Å². The molecule has 1 saturated carbocycles. The summed E-state index contributed by atoms with van der Waals surface area (Å²) in [5.41, 5.74) is 2.14. The summed E-state index contributed by atoms with van der Waals surface area (Å²) in [4.78, 5) is 23.6. The van der Waals surface area contributed by atoms with E-state index in [0.29, 0.717) is 22.9 Å². The van der Waals surface area contributed by atoms with Crippen molar-refractivity contribution in [3.8, 4) is 5.75 Å². The van der Waals surface area contributed by atoms with E-state index in [9.17, 15) is 9.59 Å². The van der Waals surface area contributed by atoms with Crippen LogP contribution in [-0.4, -0.2) is 25.6 Å². The van der Waals surface area contributed by atoms with Crippen LogP contribution >= 0.6 is 11.3 Å². The van der Waals surface area contributed by atoms with Gasteiger partial charge in [-0.3, -0.25) is 4.79 Å². The molecule has 0 spiro atoms. The number of hydrogen-bond donors (Lipinski definition) is 1. The highest BCUT2D eigenvalue weighted by Gasteiger charge is 2.17. The average Bonchev–Trinajstić information content (AvgIpc) is 3.32. The summed E-state index contributed by atoms with van der Waals surface area (Å²) < 4.78 is 10.2. The lowest BCUT2D eigenvalue weighted by Crippen LogP contribution is -2.21. The molecule has 1 amide bonds. The summed E-state index contributed by atoms with van der Waals surface area (Å²) in [5.74, 6) is 0.534. The third-order valence-corrected chi connectivity index (χ3v) is 5.16. The van der Waals surface area contributed by atoms with Gasteiger partial charge >= 0.3 is 5.97 Å². The second-order valence-electron chi connectivity index (χ2n) is 6.08. The van der Waals surface area contributed by atoms with Crippen LogP contribution in [0.5, 0.6) is 5.75 Å².